The number of fused-ring (bicyclic) bond motifs is 3. The van der Waals surface area contributed by atoms with E-state index in [1.165, 1.54) is 29.2 Å². The maximum Gasteiger partial charge on any atom is 0.298 e. The summed E-state index contributed by atoms with van der Waals surface area (Å²) in [5.74, 6) is -4.14. The van der Waals surface area contributed by atoms with Crippen molar-refractivity contribution in [3.63, 3.8) is 0 Å². The number of benzene rings is 3. The normalized spacial score (nSPS) is 23.8. The van der Waals surface area contributed by atoms with Crippen LogP contribution in [0.5, 0.6) is 5.75 Å². The third kappa shape index (κ3) is 5.74. The molecular weight excluding hydrogens is 584 g/mol. The first-order valence-corrected chi connectivity index (χ1v) is 16.3. The maximum atomic E-state index is 16.1. The van der Waals surface area contributed by atoms with Crippen LogP contribution in [-0.4, -0.2) is 50.5 Å². The van der Waals surface area contributed by atoms with Crippen molar-refractivity contribution in [2.24, 2.45) is 17.6 Å². The van der Waals surface area contributed by atoms with E-state index in [0.29, 0.717) is 11.1 Å². The Hall–Kier alpha value is -2.79. The smallest absolute Gasteiger partial charge is 0.298 e. The molecule has 1 amide bonds. The molecule has 3 atom stereocenters. The van der Waals surface area contributed by atoms with Gasteiger partial charge in [0.25, 0.3) is 5.92 Å². The Balaban J connectivity index is 1.29. The second kappa shape index (κ2) is 11.4. The van der Waals surface area contributed by atoms with Gasteiger partial charge < -0.3 is 15.4 Å². The molecule has 3 unspecified atom stereocenters. The highest BCUT2D eigenvalue weighted by atomic mass is 35.5. The Morgan fingerprint density at radius 3 is 2.24 bits per heavy atom. The minimum absolute atomic E-state index is 0.00265. The third-order valence-corrected chi connectivity index (χ3v) is 10.7. The van der Waals surface area contributed by atoms with Gasteiger partial charge in [-0.05, 0) is 97.5 Å². The molecule has 2 saturated carbocycles. The third-order valence-electron chi connectivity index (χ3n) is 9.03. The van der Waals surface area contributed by atoms with E-state index in [1.54, 1.807) is 18.2 Å². The van der Waals surface area contributed by atoms with Crippen LogP contribution in [0.4, 0.5) is 8.78 Å². The predicted molar refractivity (Wildman–Crippen MR) is 157 cm³/mol. The molecule has 0 aromatic heterocycles. The highest BCUT2D eigenvalue weighted by Gasteiger charge is 2.52. The molecular formula is C31H34ClF2N3O4S. The summed E-state index contributed by atoms with van der Waals surface area (Å²) in [5, 5.41) is 1.60. The predicted octanol–water partition coefficient (Wildman–Crippen LogP) is 5.45. The number of piperidine rings is 1. The number of sulfonamides is 1. The Morgan fingerprint density at radius 2 is 1.57 bits per heavy atom. The van der Waals surface area contributed by atoms with Crippen LogP contribution >= 0.6 is 11.6 Å². The minimum atomic E-state index is -4.54. The molecule has 6 rings (SSSR count). The molecule has 42 heavy (non-hydrogen) atoms. The first-order valence-electron chi connectivity index (χ1n) is 14.4. The molecule has 0 radical (unpaired) electrons. The summed E-state index contributed by atoms with van der Waals surface area (Å²) in [4.78, 5) is 14.9. The van der Waals surface area contributed by atoms with E-state index >= 15 is 8.78 Å². The number of amides is 1. The lowest BCUT2D eigenvalue weighted by Gasteiger charge is -2.39. The number of nitrogens with zero attached hydrogens (tertiary/aromatic N) is 1. The summed E-state index contributed by atoms with van der Waals surface area (Å²) in [6.07, 6.45) is 6.08. The number of carbonyl (C=O) groups is 1. The fourth-order valence-electron chi connectivity index (χ4n) is 6.61. The molecule has 3 N–H and O–H groups in total. The monoisotopic (exact) mass is 617 g/mol. The lowest BCUT2D eigenvalue weighted by Crippen LogP contribution is -2.60. The Morgan fingerprint density at radius 1 is 0.952 bits per heavy atom. The quantitative estimate of drug-likeness (QED) is 0.350. The lowest BCUT2D eigenvalue weighted by molar-refractivity contribution is -0.146. The molecule has 3 aromatic rings. The number of rotatable bonds is 8. The maximum absolute atomic E-state index is 16.1. The molecule has 3 aliphatic rings. The van der Waals surface area contributed by atoms with Gasteiger partial charge in [-0.1, -0.05) is 35.9 Å². The van der Waals surface area contributed by atoms with Crippen LogP contribution in [0.1, 0.15) is 44.1 Å². The zero-order chi connectivity index (χ0) is 29.6. The Labute approximate surface area is 249 Å². The van der Waals surface area contributed by atoms with E-state index in [0.717, 1.165) is 56.0 Å². The summed E-state index contributed by atoms with van der Waals surface area (Å²) in [6, 6.07) is 12.1. The largest absolute Gasteiger partial charge is 0.490 e. The first-order chi connectivity index (χ1) is 20.0. The van der Waals surface area contributed by atoms with Gasteiger partial charge in [-0.15, -0.1) is 0 Å². The average molecular weight is 618 g/mol. The summed E-state index contributed by atoms with van der Waals surface area (Å²) in [5.41, 5.74) is 5.75. The number of alkyl halides is 2. The molecule has 7 nitrogen and oxygen atoms in total. The van der Waals surface area contributed by atoms with Gasteiger partial charge in [-0.2, -0.15) is 13.5 Å². The van der Waals surface area contributed by atoms with Crippen molar-refractivity contribution in [2.75, 3.05) is 13.1 Å². The molecule has 3 fully saturated rings. The van der Waals surface area contributed by atoms with Gasteiger partial charge in [0.15, 0.2) is 6.04 Å². The molecule has 1 heterocycles. The number of ether oxygens (including phenoxy) is 1. The van der Waals surface area contributed by atoms with Gasteiger partial charge in [0, 0.05) is 29.7 Å². The van der Waals surface area contributed by atoms with E-state index < -0.39 is 33.5 Å². The molecule has 3 aromatic carbocycles. The molecule has 11 heteroatoms. The van der Waals surface area contributed by atoms with E-state index in [4.69, 9.17) is 22.1 Å². The average Bonchev–Trinajstić information content (AvgIpc) is 3.53. The SMILES string of the molecule is NC1C2CCC1CN(C(=O)C(NS(=O)(=O)c1ccc3cc(OC4CCCC4)ccc3c1)C(F)(F)c1ccc(Cl)cc1)C2. The number of hydrogen-bond acceptors (Lipinski definition) is 5. The number of carbonyl (C=O) groups excluding carboxylic acids is 1. The second-order valence-electron chi connectivity index (χ2n) is 11.8. The van der Waals surface area contributed by atoms with Crippen LogP contribution in [0.25, 0.3) is 10.8 Å². The first kappa shape index (κ1) is 29.3. The van der Waals surface area contributed by atoms with Crippen molar-refractivity contribution in [3.8, 4) is 5.75 Å². The lowest BCUT2D eigenvalue weighted by atomic mass is 9.92. The van der Waals surface area contributed by atoms with E-state index in [1.807, 2.05) is 6.07 Å². The number of nitrogens with one attached hydrogen (secondary N) is 1. The fourth-order valence-corrected chi connectivity index (χ4v) is 7.96. The number of nitrogens with two attached hydrogens (primary N) is 1. The van der Waals surface area contributed by atoms with Crippen LogP contribution in [0.2, 0.25) is 5.02 Å². The van der Waals surface area contributed by atoms with E-state index in [-0.39, 0.29) is 47.0 Å². The van der Waals surface area contributed by atoms with Crippen LogP contribution in [0.15, 0.2) is 65.6 Å². The standard InChI is InChI=1S/C31H34ClF2N3O4S/c32-24-11-9-23(10-12-24)31(33,34)29(30(38)37-17-21-5-6-22(18-37)28(21)35)36-42(39,40)27-14-8-19-15-26(13-7-20(19)16-27)41-25-3-1-2-4-25/h7-16,21-22,25,28-29,36H,1-6,17-18,35H2. The van der Waals surface area contributed by atoms with Gasteiger partial charge >= 0.3 is 0 Å². The minimum Gasteiger partial charge on any atom is -0.490 e. The van der Waals surface area contributed by atoms with Crippen LogP contribution in [0.3, 0.4) is 0 Å². The summed E-state index contributed by atoms with van der Waals surface area (Å²) in [7, 11) is -4.54. The molecule has 1 saturated heterocycles. The molecule has 2 bridgehead atoms. The Kier molecular flexibility index (Phi) is 7.93. The van der Waals surface area contributed by atoms with Crippen molar-refractivity contribution in [1.29, 1.82) is 0 Å². The summed E-state index contributed by atoms with van der Waals surface area (Å²) < 4.78 is 67.6. The fraction of sp³-hybridized carbons (Fsp3) is 0.452. The van der Waals surface area contributed by atoms with Gasteiger partial charge in [0.05, 0.1) is 11.0 Å². The van der Waals surface area contributed by atoms with Crippen molar-refractivity contribution >= 4 is 38.3 Å². The van der Waals surface area contributed by atoms with Crippen molar-refractivity contribution in [3.05, 3.63) is 71.2 Å². The molecule has 2 aliphatic carbocycles. The zero-order valence-corrected chi connectivity index (χ0v) is 24.6. The highest BCUT2D eigenvalue weighted by Crippen LogP contribution is 2.39. The van der Waals surface area contributed by atoms with Crippen LogP contribution in [-0.2, 0) is 20.7 Å². The van der Waals surface area contributed by atoms with Crippen molar-refractivity contribution < 1.29 is 26.7 Å². The number of likely N-dealkylation sites (tertiary alicyclic amines) is 1. The zero-order valence-electron chi connectivity index (χ0n) is 23.0. The number of hydrogen-bond donors (Lipinski definition) is 2. The Bertz CT molecular complexity index is 1570. The molecule has 0 spiro atoms. The number of halogens is 3. The van der Waals surface area contributed by atoms with Gasteiger partial charge in [-0.25, -0.2) is 8.42 Å². The van der Waals surface area contributed by atoms with Gasteiger partial charge in [0.2, 0.25) is 15.9 Å². The van der Waals surface area contributed by atoms with E-state index in [9.17, 15) is 13.2 Å². The van der Waals surface area contributed by atoms with Crippen LogP contribution < -0.4 is 15.2 Å². The molecule has 1 aliphatic heterocycles. The summed E-state index contributed by atoms with van der Waals surface area (Å²) in [6.45, 7) is 0.430. The second-order valence-corrected chi connectivity index (χ2v) is 13.9. The molecule has 224 valence electrons. The highest BCUT2D eigenvalue weighted by molar-refractivity contribution is 7.89. The summed E-state index contributed by atoms with van der Waals surface area (Å²) >= 11 is 5.91. The van der Waals surface area contributed by atoms with Gasteiger partial charge in [-0.3, -0.25) is 4.79 Å². The van der Waals surface area contributed by atoms with Crippen LogP contribution in [0, 0.1) is 11.8 Å². The topological polar surface area (TPSA) is 102 Å². The van der Waals surface area contributed by atoms with Gasteiger partial charge in [0.1, 0.15) is 5.75 Å². The van der Waals surface area contributed by atoms with E-state index in [2.05, 4.69) is 4.72 Å². The van der Waals surface area contributed by atoms with Crippen molar-refractivity contribution in [2.45, 2.75) is 67.5 Å². The van der Waals surface area contributed by atoms with Crippen molar-refractivity contribution in [1.82, 2.24) is 9.62 Å².